The van der Waals surface area contributed by atoms with Crippen molar-refractivity contribution in [1.82, 2.24) is 35.7 Å². The van der Waals surface area contributed by atoms with Crippen molar-refractivity contribution in [3.05, 3.63) is 10.8 Å². The Kier molecular flexibility index (Phi) is 9.53. The van der Waals surface area contributed by atoms with Gasteiger partial charge < -0.3 is 27.0 Å². The molecule has 172 valence electrons. The molecule has 1 saturated heterocycles. The molecule has 3 amide bonds. The first-order valence-electron chi connectivity index (χ1n) is 10.3. The van der Waals surface area contributed by atoms with Crippen LogP contribution < -0.4 is 27.4 Å². The molecule has 0 aliphatic carbocycles. The smallest absolute Gasteiger partial charge is 0.317 e. The molecule has 12 nitrogen and oxygen atoms in total. The van der Waals surface area contributed by atoms with Crippen molar-refractivity contribution in [2.24, 2.45) is 0 Å². The van der Waals surface area contributed by atoms with E-state index in [1.165, 1.54) is 0 Å². The lowest BCUT2D eigenvalue weighted by atomic mass is 10.2. The summed E-state index contributed by atoms with van der Waals surface area (Å²) in [5.74, 6) is -1.07. The molecule has 1 aromatic rings. The van der Waals surface area contributed by atoms with Crippen LogP contribution in [0.1, 0.15) is 36.7 Å². The number of nitrogen functional groups attached to an aromatic ring is 2. The van der Waals surface area contributed by atoms with E-state index in [1.807, 2.05) is 11.8 Å². The van der Waals surface area contributed by atoms with E-state index < -0.39 is 5.91 Å². The molecule has 1 fully saturated rings. The van der Waals surface area contributed by atoms with Crippen LogP contribution in [0, 0.1) is 5.41 Å². The van der Waals surface area contributed by atoms with Crippen LogP contribution in [0.15, 0.2) is 0 Å². The van der Waals surface area contributed by atoms with Gasteiger partial charge in [0.2, 0.25) is 0 Å². The number of guanidine groups is 1. The minimum absolute atomic E-state index is 0.0141. The number of aromatic nitrogens is 2. The first kappa shape index (κ1) is 24.4. The Morgan fingerprint density at radius 2 is 1.77 bits per heavy atom. The van der Waals surface area contributed by atoms with Crippen LogP contribution in [-0.4, -0.2) is 83.5 Å². The maximum absolute atomic E-state index is 12.2. The fourth-order valence-corrected chi connectivity index (χ4v) is 3.14. The van der Waals surface area contributed by atoms with Crippen LogP contribution in [0.4, 0.5) is 16.4 Å². The summed E-state index contributed by atoms with van der Waals surface area (Å²) in [4.78, 5) is 35.8. The lowest BCUT2D eigenvalue weighted by Crippen LogP contribution is -2.52. The van der Waals surface area contributed by atoms with Crippen LogP contribution in [-0.2, 0) is 0 Å². The summed E-state index contributed by atoms with van der Waals surface area (Å²) in [5.41, 5.74) is 10.9. The number of hydrogen-bond donors (Lipinski definition) is 6. The van der Waals surface area contributed by atoms with Gasteiger partial charge in [0.1, 0.15) is 0 Å². The van der Waals surface area contributed by atoms with Crippen LogP contribution in [0.2, 0.25) is 5.15 Å². The number of anilines is 2. The van der Waals surface area contributed by atoms with Crippen LogP contribution >= 0.6 is 11.6 Å². The van der Waals surface area contributed by atoms with Crippen molar-refractivity contribution in [2.75, 3.05) is 57.3 Å². The van der Waals surface area contributed by atoms with E-state index in [0.29, 0.717) is 13.1 Å². The highest BCUT2D eigenvalue weighted by molar-refractivity contribution is 6.31. The molecule has 0 atom stereocenters. The normalized spacial score (nSPS) is 14.2. The number of hydrogen-bond acceptors (Lipinski definition) is 8. The van der Waals surface area contributed by atoms with Gasteiger partial charge in [-0.1, -0.05) is 18.5 Å². The molecular formula is C18H31ClN10O2. The van der Waals surface area contributed by atoms with E-state index >= 15 is 0 Å². The van der Waals surface area contributed by atoms with E-state index in [0.717, 1.165) is 52.0 Å². The van der Waals surface area contributed by atoms with E-state index in [2.05, 4.69) is 30.8 Å². The quantitative estimate of drug-likeness (QED) is 0.181. The number of rotatable bonds is 8. The number of piperazine rings is 1. The van der Waals surface area contributed by atoms with Crippen molar-refractivity contribution in [2.45, 2.75) is 26.2 Å². The highest BCUT2D eigenvalue weighted by Crippen LogP contribution is 2.17. The van der Waals surface area contributed by atoms with Gasteiger partial charge in [0.05, 0.1) is 0 Å². The third kappa shape index (κ3) is 7.72. The highest BCUT2D eigenvalue weighted by Gasteiger charge is 2.20. The molecule has 0 unspecified atom stereocenters. The molecule has 2 heterocycles. The number of nitrogens with two attached hydrogens (primary N) is 2. The third-order valence-electron chi connectivity index (χ3n) is 4.75. The molecule has 0 spiro atoms. The van der Waals surface area contributed by atoms with Crippen molar-refractivity contribution < 1.29 is 9.59 Å². The zero-order chi connectivity index (χ0) is 22.8. The predicted molar refractivity (Wildman–Crippen MR) is 120 cm³/mol. The SMILES string of the molecule is CCCNC(=O)N1CCN(CCCCNC(=N)NC(=O)c2nc(Cl)c(N)nc2N)CC1. The van der Waals surface area contributed by atoms with E-state index in [-0.39, 0.29) is 34.5 Å². The van der Waals surface area contributed by atoms with Crippen molar-refractivity contribution in [1.29, 1.82) is 5.41 Å². The summed E-state index contributed by atoms with van der Waals surface area (Å²) < 4.78 is 0. The van der Waals surface area contributed by atoms with Gasteiger partial charge in [0.15, 0.2) is 28.4 Å². The summed E-state index contributed by atoms with van der Waals surface area (Å²) in [7, 11) is 0. The van der Waals surface area contributed by atoms with Crippen molar-refractivity contribution in [3.8, 4) is 0 Å². The van der Waals surface area contributed by atoms with E-state index in [9.17, 15) is 9.59 Å². The van der Waals surface area contributed by atoms with Gasteiger partial charge >= 0.3 is 6.03 Å². The number of carbonyl (C=O) groups is 2. The topological polar surface area (TPSA) is 178 Å². The van der Waals surface area contributed by atoms with Gasteiger partial charge in [0, 0.05) is 39.3 Å². The summed E-state index contributed by atoms with van der Waals surface area (Å²) >= 11 is 5.76. The predicted octanol–water partition coefficient (Wildman–Crippen LogP) is 0.0660. The van der Waals surface area contributed by atoms with E-state index in [4.69, 9.17) is 28.5 Å². The fraction of sp³-hybridized carbons (Fsp3) is 0.611. The Bertz CT molecular complexity index is 783. The second-order valence-electron chi connectivity index (χ2n) is 7.16. The van der Waals surface area contributed by atoms with Crippen LogP contribution in [0.3, 0.4) is 0 Å². The lowest BCUT2D eigenvalue weighted by Gasteiger charge is -2.34. The van der Waals surface area contributed by atoms with Crippen molar-refractivity contribution >= 4 is 41.1 Å². The summed E-state index contributed by atoms with van der Waals surface area (Å²) in [6.45, 7) is 7.34. The fourth-order valence-electron chi connectivity index (χ4n) is 3.02. The van der Waals surface area contributed by atoms with Crippen LogP contribution in [0.25, 0.3) is 0 Å². The minimum atomic E-state index is -0.690. The van der Waals surface area contributed by atoms with Gasteiger partial charge in [-0.05, 0) is 25.8 Å². The summed E-state index contributed by atoms with van der Waals surface area (Å²) in [6, 6.07) is 0.0141. The first-order chi connectivity index (χ1) is 14.8. The van der Waals surface area contributed by atoms with E-state index in [1.54, 1.807) is 0 Å². The maximum Gasteiger partial charge on any atom is 0.317 e. The molecule has 31 heavy (non-hydrogen) atoms. The van der Waals surface area contributed by atoms with Gasteiger partial charge in [0.25, 0.3) is 5.91 Å². The largest absolute Gasteiger partial charge is 0.382 e. The summed E-state index contributed by atoms with van der Waals surface area (Å²) in [5, 5.41) is 15.8. The van der Waals surface area contributed by atoms with Gasteiger partial charge in [-0.3, -0.25) is 20.4 Å². The second kappa shape index (κ2) is 12.1. The molecule has 1 aliphatic rings. The minimum Gasteiger partial charge on any atom is -0.382 e. The number of halogens is 1. The Hall–Kier alpha value is -2.86. The number of unbranched alkanes of at least 4 members (excludes halogenated alkanes) is 1. The van der Waals surface area contributed by atoms with Crippen LogP contribution in [0.5, 0.6) is 0 Å². The second-order valence-corrected chi connectivity index (χ2v) is 7.52. The molecule has 0 radical (unpaired) electrons. The number of urea groups is 1. The Morgan fingerprint density at radius 1 is 1.06 bits per heavy atom. The number of nitrogens with one attached hydrogen (secondary N) is 4. The standard InChI is InChI=1S/C18H31ClN10O2/c1-2-5-24-18(31)29-10-8-28(9-11-29)7-4-3-6-23-17(22)27-16(30)12-14(20)26-15(21)13(19)25-12/h2-11H2,1H3,(H,24,31)(H4,20,21,26)(H3,22,23,27,30). The van der Waals surface area contributed by atoms with Gasteiger partial charge in [-0.15, -0.1) is 0 Å². The Balaban J connectivity index is 1.60. The number of amides is 3. The summed E-state index contributed by atoms with van der Waals surface area (Å²) in [6.07, 6.45) is 2.69. The van der Waals surface area contributed by atoms with Gasteiger partial charge in [-0.2, -0.15) is 0 Å². The number of carbonyl (C=O) groups excluding carboxylic acids is 2. The number of nitrogens with zero attached hydrogens (tertiary/aromatic N) is 4. The molecule has 0 bridgehead atoms. The molecule has 1 aliphatic heterocycles. The van der Waals surface area contributed by atoms with Gasteiger partial charge in [-0.25, -0.2) is 14.8 Å². The zero-order valence-corrected chi connectivity index (χ0v) is 18.5. The third-order valence-corrected chi connectivity index (χ3v) is 5.03. The maximum atomic E-state index is 12.2. The zero-order valence-electron chi connectivity index (χ0n) is 17.7. The molecule has 8 N–H and O–H groups in total. The van der Waals surface area contributed by atoms with Crippen molar-refractivity contribution in [3.63, 3.8) is 0 Å². The lowest BCUT2D eigenvalue weighted by molar-refractivity contribution is 0.0971. The Labute approximate surface area is 186 Å². The molecular weight excluding hydrogens is 424 g/mol. The molecule has 1 aromatic heterocycles. The average molecular weight is 455 g/mol. The Morgan fingerprint density at radius 3 is 2.45 bits per heavy atom. The average Bonchev–Trinajstić information content (AvgIpc) is 2.74. The molecule has 0 saturated carbocycles. The first-order valence-corrected chi connectivity index (χ1v) is 10.7. The monoisotopic (exact) mass is 454 g/mol. The molecule has 13 heteroatoms. The molecule has 0 aromatic carbocycles. The highest BCUT2D eigenvalue weighted by atomic mass is 35.5. The molecule has 2 rings (SSSR count).